The van der Waals surface area contributed by atoms with Gasteiger partial charge in [0, 0.05) is 6.54 Å². The number of halogens is 3. The van der Waals surface area contributed by atoms with Crippen molar-refractivity contribution in [1.82, 2.24) is 0 Å². The van der Waals surface area contributed by atoms with Gasteiger partial charge in [-0.1, -0.05) is 59.1 Å². The Morgan fingerprint density at radius 3 is 2.45 bits per heavy atom. The molecule has 3 aromatic rings. The second kappa shape index (κ2) is 8.71. The van der Waals surface area contributed by atoms with Crippen molar-refractivity contribution in [2.45, 2.75) is 17.9 Å². The molecule has 0 bridgehead atoms. The molecule has 160 valence electrons. The van der Waals surface area contributed by atoms with Crippen LogP contribution in [0.4, 0.5) is 5.69 Å². The van der Waals surface area contributed by atoms with E-state index in [1.807, 2.05) is 12.1 Å². The largest absolute Gasteiger partial charge is 0.457 e. The first-order valence-corrected chi connectivity index (χ1v) is 11.9. The third-order valence-corrected chi connectivity index (χ3v) is 7.97. The summed E-state index contributed by atoms with van der Waals surface area (Å²) in [7, 11) is -3.95. The predicted molar refractivity (Wildman–Crippen MR) is 122 cm³/mol. The maximum Gasteiger partial charge on any atom is 0.338 e. The lowest BCUT2D eigenvalue weighted by Gasteiger charge is -2.20. The summed E-state index contributed by atoms with van der Waals surface area (Å²) in [6.45, 7) is 0.268. The van der Waals surface area contributed by atoms with Gasteiger partial charge in [0.05, 0.1) is 26.3 Å². The summed E-state index contributed by atoms with van der Waals surface area (Å²) in [5, 5.41) is 0.777. The lowest BCUT2D eigenvalue weighted by molar-refractivity contribution is 0.0472. The maximum absolute atomic E-state index is 13.3. The van der Waals surface area contributed by atoms with E-state index >= 15 is 0 Å². The van der Waals surface area contributed by atoms with Gasteiger partial charge in [-0.25, -0.2) is 13.2 Å². The number of anilines is 1. The summed E-state index contributed by atoms with van der Waals surface area (Å²) >= 11 is 18.1. The highest BCUT2D eigenvalue weighted by molar-refractivity contribution is 7.93. The first kappa shape index (κ1) is 22.0. The Morgan fingerprint density at radius 2 is 1.68 bits per heavy atom. The highest BCUT2D eigenvalue weighted by atomic mass is 35.5. The number of fused-ring (bicyclic) bond motifs is 1. The quantitative estimate of drug-likeness (QED) is 0.422. The van der Waals surface area contributed by atoms with Gasteiger partial charge >= 0.3 is 5.97 Å². The molecule has 0 aliphatic carbocycles. The molecule has 4 rings (SSSR count). The first-order chi connectivity index (χ1) is 14.8. The number of ether oxygens (including phenoxy) is 1. The van der Waals surface area contributed by atoms with Crippen molar-refractivity contribution in [2.75, 3.05) is 10.8 Å². The van der Waals surface area contributed by atoms with Crippen LogP contribution in [0.25, 0.3) is 0 Å². The van der Waals surface area contributed by atoms with Crippen molar-refractivity contribution in [1.29, 1.82) is 0 Å². The van der Waals surface area contributed by atoms with Crippen LogP contribution in [0, 0.1) is 0 Å². The second-order valence-electron chi connectivity index (χ2n) is 6.93. The molecule has 0 saturated carbocycles. The summed E-state index contributed by atoms with van der Waals surface area (Å²) < 4.78 is 33.2. The van der Waals surface area contributed by atoms with Gasteiger partial charge in [-0.15, -0.1) is 0 Å². The fourth-order valence-electron chi connectivity index (χ4n) is 3.37. The van der Waals surface area contributed by atoms with E-state index in [2.05, 4.69) is 0 Å². The maximum atomic E-state index is 13.3. The van der Waals surface area contributed by atoms with Crippen molar-refractivity contribution in [3.63, 3.8) is 0 Å². The highest BCUT2D eigenvalue weighted by Crippen LogP contribution is 2.35. The van der Waals surface area contributed by atoms with Gasteiger partial charge in [-0.3, -0.25) is 4.31 Å². The topological polar surface area (TPSA) is 63.7 Å². The molecule has 0 unspecified atom stereocenters. The molecule has 1 aliphatic rings. The number of carbonyl (C=O) groups is 1. The molecule has 5 nitrogen and oxygen atoms in total. The summed E-state index contributed by atoms with van der Waals surface area (Å²) in [4.78, 5) is 12.4. The molecule has 0 N–H and O–H groups in total. The lowest BCUT2D eigenvalue weighted by atomic mass is 10.2. The van der Waals surface area contributed by atoms with Crippen molar-refractivity contribution in [3.8, 4) is 0 Å². The van der Waals surface area contributed by atoms with E-state index in [1.54, 1.807) is 30.3 Å². The zero-order valence-electron chi connectivity index (χ0n) is 16.0. The molecule has 0 saturated heterocycles. The number of carbonyl (C=O) groups excluding carboxylic acids is 1. The molecular formula is C22H16Cl3NO4S. The highest BCUT2D eigenvalue weighted by Gasteiger charge is 2.32. The fraction of sp³-hybridized carbons (Fsp3) is 0.136. The standard InChI is InChI=1S/C22H16Cl3NO4S/c23-17-7-5-14(11-19(17)25)13-30-22(27)16-6-8-18(24)21(12-16)31(28,29)26-10-9-15-3-1-2-4-20(15)26/h1-8,11-12H,9-10,13H2. The number of para-hydroxylation sites is 1. The predicted octanol–water partition coefficient (Wildman–Crippen LogP) is 5.76. The molecule has 9 heteroatoms. The van der Waals surface area contributed by atoms with E-state index in [9.17, 15) is 13.2 Å². The number of esters is 1. The third kappa shape index (κ3) is 4.39. The summed E-state index contributed by atoms with van der Waals surface area (Å²) in [5.74, 6) is -0.680. The lowest BCUT2D eigenvalue weighted by Crippen LogP contribution is -2.29. The zero-order chi connectivity index (χ0) is 22.2. The molecule has 3 aromatic carbocycles. The molecule has 0 amide bonds. The Bertz CT molecular complexity index is 1280. The minimum atomic E-state index is -3.95. The van der Waals surface area contributed by atoms with Crippen molar-refractivity contribution in [3.05, 3.63) is 92.4 Å². The van der Waals surface area contributed by atoms with Crippen molar-refractivity contribution < 1.29 is 17.9 Å². The smallest absolute Gasteiger partial charge is 0.338 e. The van der Waals surface area contributed by atoms with E-state index in [1.165, 1.54) is 22.5 Å². The zero-order valence-corrected chi connectivity index (χ0v) is 19.1. The molecule has 0 fully saturated rings. The van der Waals surface area contributed by atoms with E-state index in [-0.39, 0.29) is 22.1 Å². The molecular weight excluding hydrogens is 481 g/mol. The number of hydrogen-bond acceptors (Lipinski definition) is 4. The number of rotatable bonds is 5. The molecule has 31 heavy (non-hydrogen) atoms. The minimum Gasteiger partial charge on any atom is -0.457 e. The average molecular weight is 497 g/mol. The second-order valence-corrected chi connectivity index (χ2v) is 9.98. The van der Waals surface area contributed by atoms with Crippen LogP contribution in [-0.4, -0.2) is 20.9 Å². The number of hydrogen-bond donors (Lipinski definition) is 0. The van der Waals surface area contributed by atoms with Gasteiger partial charge in [0.25, 0.3) is 10.0 Å². The van der Waals surface area contributed by atoms with Crippen LogP contribution < -0.4 is 4.31 Å². The monoisotopic (exact) mass is 495 g/mol. The summed E-state index contributed by atoms with van der Waals surface area (Å²) in [5.41, 5.74) is 2.29. The van der Waals surface area contributed by atoms with E-state index in [4.69, 9.17) is 39.5 Å². The number of nitrogens with zero attached hydrogens (tertiary/aromatic N) is 1. The summed E-state index contributed by atoms with van der Waals surface area (Å²) in [6, 6.07) is 16.2. The minimum absolute atomic E-state index is 0.0328. The molecule has 0 radical (unpaired) electrons. The van der Waals surface area contributed by atoms with Crippen molar-refractivity contribution in [2.24, 2.45) is 0 Å². The van der Waals surface area contributed by atoms with Crippen LogP contribution in [0.15, 0.2) is 65.6 Å². The van der Waals surface area contributed by atoms with Crippen LogP contribution in [0.1, 0.15) is 21.5 Å². The van der Waals surface area contributed by atoms with Crippen molar-refractivity contribution >= 4 is 56.5 Å². The fourth-order valence-corrected chi connectivity index (χ4v) is 5.69. The van der Waals surface area contributed by atoms with Crippen LogP contribution >= 0.6 is 34.8 Å². The van der Waals surface area contributed by atoms with Crippen LogP contribution in [0.3, 0.4) is 0 Å². The third-order valence-electron chi connectivity index (χ3n) is 4.93. The van der Waals surface area contributed by atoms with Gasteiger partial charge in [-0.2, -0.15) is 0 Å². The summed E-state index contributed by atoms with van der Waals surface area (Å²) in [6.07, 6.45) is 0.610. The normalized spacial score (nSPS) is 13.2. The molecule has 0 aromatic heterocycles. The SMILES string of the molecule is O=C(OCc1ccc(Cl)c(Cl)c1)c1ccc(Cl)c(S(=O)(=O)N2CCc3ccccc32)c1. The van der Waals surface area contributed by atoms with Crippen LogP contribution in [0.2, 0.25) is 15.1 Å². The van der Waals surface area contributed by atoms with Gasteiger partial charge in [0.1, 0.15) is 11.5 Å². The first-order valence-electron chi connectivity index (χ1n) is 9.28. The van der Waals surface area contributed by atoms with Gasteiger partial charge in [0.15, 0.2) is 0 Å². The Hall–Kier alpha value is -2.25. The Morgan fingerprint density at radius 1 is 0.935 bits per heavy atom. The van der Waals surface area contributed by atoms with Crippen LogP contribution in [-0.2, 0) is 27.8 Å². The molecule has 1 aliphatic heterocycles. The Kier molecular flexibility index (Phi) is 6.17. The van der Waals surface area contributed by atoms with Gasteiger partial charge < -0.3 is 4.74 Å². The van der Waals surface area contributed by atoms with Crippen LogP contribution in [0.5, 0.6) is 0 Å². The van der Waals surface area contributed by atoms with E-state index in [0.717, 1.165) is 5.56 Å². The molecule has 1 heterocycles. The average Bonchev–Trinajstić information content (AvgIpc) is 3.19. The Balaban J connectivity index is 1.58. The molecule has 0 atom stereocenters. The van der Waals surface area contributed by atoms with Gasteiger partial charge in [-0.05, 0) is 53.9 Å². The number of sulfonamides is 1. The molecule has 0 spiro atoms. The van der Waals surface area contributed by atoms with E-state index < -0.39 is 16.0 Å². The number of benzene rings is 3. The van der Waals surface area contributed by atoms with E-state index in [0.29, 0.717) is 34.3 Å². The van der Waals surface area contributed by atoms with Gasteiger partial charge in [0.2, 0.25) is 0 Å². The Labute approximate surface area is 195 Å².